The number of pyridine rings is 1. The molecule has 150 valence electrons. The average molecular weight is 427 g/mol. The molecule has 3 aromatic heterocycles. The third-order valence-corrected chi connectivity index (χ3v) is 5.02. The van der Waals surface area contributed by atoms with Crippen molar-refractivity contribution in [1.82, 2.24) is 24.8 Å². The second-order valence-corrected chi connectivity index (χ2v) is 7.15. The number of carbonyl (C=O) groups is 1. The first-order valence-electron chi connectivity index (χ1n) is 9.49. The topological polar surface area (TPSA) is 85.1 Å². The van der Waals surface area contributed by atoms with E-state index in [9.17, 15) is 4.79 Å². The minimum atomic E-state index is -0.276. The number of rotatable bonds is 4. The molecule has 8 heteroatoms. The van der Waals surface area contributed by atoms with Crippen molar-refractivity contribution < 1.29 is 4.79 Å². The van der Waals surface area contributed by atoms with Gasteiger partial charge in [-0.3, -0.25) is 9.78 Å². The molecule has 0 aliphatic rings. The van der Waals surface area contributed by atoms with Crippen molar-refractivity contribution >= 4 is 28.8 Å². The van der Waals surface area contributed by atoms with Crippen LogP contribution in [-0.4, -0.2) is 30.7 Å². The van der Waals surface area contributed by atoms with E-state index in [4.69, 9.17) is 16.7 Å². The van der Waals surface area contributed by atoms with Crippen LogP contribution in [0.4, 0.5) is 5.69 Å². The van der Waals surface area contributed by atoms with Crippen molar-refractivity contribution in [3.8, 4) is 22.8 Å². The summed E-state index contributed by atoms with van der Waals surface area (Å²) in [5, 5.41) is 16.4. The lowest BCUT2D eigenvalue weighted by Gasteiger charge is -2.09. The van der Waals surface area contributed by atoms with E-state index in [1.807, 2.05) is 54.6 Å². The molecule has 0 saturated carbocycles. The highest BCUT2D eigenvalue weighted by Crippen LogP contribution is 2.24. The molecule has 3 heterocycles. The monoisotopic (exact) mass is 426 g/mol. The van der Waals surface area contributed by atoms with E-state index in [0.29, 0.717) is 39.1 Å². The second kappa shape index (κ2) is 7.97. The maximum absolute atomic E-state index is 12.6. The summed E-state index contributed by atoms with van der Waals surface area (Å²) >= 11 is 6.13. The second-order valence-electron chi connectivity index (χ2n) is 6.74. The lowest BCUT2D eigenvalue weighted by molar-refractivity contribution is 0.102. The molecule has 1 amide bonds. The molecule has 0 spiro atoms. The van der Waals surface area contributed by atoms with Crippen LogP contribution < -0.4 is 5.32 Å². The zero-order chi connectivity index (χ0) is 21.2. The minimum absolute atomic E-state index is 0.276. The van der Waals surface area contributed by atoms with Gasteiger partial charge in [0.05, 0.1) is 16.3 Å². The van der Waals surface area contributed by atoms with E-state index in [-0.39, 0.29) is 5.91 Å². The zero-order valence-electron chi connectivity index (χ0n) is 16.1. The Morgan fingerprint density at radius 1 is 0.871 bits per heavy atom. The van der Waals surface area contributed by atoms with Gasteiger partial charge >= 0.3 is 0 Å². The van der Waals surface area contributed by atoms with E-state index in [1.54, 1.807) is 35.0 Å². The number of hydrogen-bond acceptors (Lipinski definition) is 5. The van der Waals surface area contributed by atoms with Crippen LogP contribution in [0.3, 0.4) is 0 Å². The summed E-state index contributed by atoms with van der Waals surface area (Å²) < 4.78 is 1.66. The van der Waals surface area contributed by atoms with Crippen molar-refractivity contribution in [2.45, 2.75) is 0 Å². The number of fused-ring (bicyclic) bond motifs is 1. The van der Waals surface area contributed by atoms with E-state index in [1.165, 1.54) is 0 Å². The van der Waals surface area contributed by atoms with Gasteiger partial charge in [0, 0.05) is 17.4 Å². The molecule has 1 N–H and O–H groups in total. The lowest BCUT2D eigenvalue weighted by Crippen LogP contribution is -2.12. The predicted molar refractivity (Wildman–Crippen MR) is 119 cm³/mol. The van der Waals surface area contributed by atoms with Crippen LogP contribution in [0.25, 0.3) is 28.4 Å². The van der Waals surface area contributed by atoms with Crippen LogP contribution >= 0.6 is 11.6 Å². The normalized spacial score (nSPS) is 10.9. The molecule has 0 saturated heterocycles. The third kappa shape index (κ3) is 3.74. The number of hydrogen-bond donors (Lipinski definition) is 1. The smallest absolute Gasteiger partial charge is 0.257 e. The van der Waals surface area contributed by atoms with Gasteiger partial charge in [-0.15, -0.1) is 10.2 Å². The Morgan fingerprint density at radius 2 is 1.74 bits per heavy atom. The molecule has 5 rings (SSSR count). The van der Waals surface area contributed by atoms with Crippen molar-refractivity contribution in [2.24, 2.45) is 0 Å². The molecule has 0 atom stereocenters. The van der Waals surface area contributed by atoms with Gasteiger partial charge in [0.25, 0.3) is 5.91 Å². The van der Waals surface area contributed by atoms with Crippen LogP contribution in [0.5, 0.6) is 0 Å². The van der Waals surface area contributed by atoms with Gasteiger partial charge in [-0.25, -0.2) is 0 Å². The molecule has 0 aliphatic carbocycles. The molecule has 0 aliphatic heterocycles. The van der Waals surface area contributed by atoms with Crippen molar-refractivity contribution in [3.63, 3.8) is 0 Å². The highest BCUT2D eigenvalue weighted by atomic mass is 35.5. The SMILES string of the molecule is O=C(Nc1cccc(-c2ccc3nnc(-c4ccccn4)n3n2)c1)c1ccccc1Cl. The van der Waals surface area contributed by atoms with Gasteiger partial charge in [-0.2, -0.15) is 9.61 Å². The minimum Gasteiger partial charge on any atom is -0.322 e. The Morgan fingerprint density at radius 3 is 2.58 bits per heavy atom. The van der Waals surface area contributed by atoms with Gasteiger partial charge in [-0.1, -0.05) is 41.9 Å². The Kier molecular flexibility index (Phi) is 4.86. The number of nitrogens with zero attached hydrogens (tertiary/aromatic N) is 5. The summed E-state index contributed by atoms with van der Waals surface area (Å²) in [5.41, 5.74) is 3.89. The van der Waals surface area contributed by atoms with Crippen LogP contribution in [0.1, 0.15) is 10.4 Å². The first kappa shape index (κ1) is 18.9. The van der Waals surface area contributed by atoms with E-state index >= 15 is 0 Å². The number of nitrogens with one attached hydrogen (secondary N) is 1. The molecular weight excluding hydrogens is 412 g/mol. The standard InChI is InChI=1S/C23H15ClN6O/c24-18-9-2-1-8-17(18)23(31)26-16-7-5-6-15(14-16)19-11-12-21-27-28-22(30(21)29-19)20-10-3-4-13-25-20/h1-14H,(H,26,31). The molecule has 7 nitrogen and oxygen atoms in total. The summed E-state index contributed by atoms with van der Waals surface area (Å²) in [6.07, 6.45) is 1.70. The van der Waals surface area contributed by atoms with Crippen LogP contribution in [0, 0.1) is 0 Å². The number of aromatic nitrogens is 5. The lowest BCUT2D eigenvalue weighted by atomic mass is 10.1. The average Bonchev–Trinajstić information content (AvgIpc) is 3.23. The number of halogens is 1. The fourth-order valence-electron chi connectivity index (χ4n) is 3.20. The summed E-state index contributed by atoms with van der Waals surface area (Å²) in [7, 11) is 0. The maximum Gasteiger partial charge on any atom is 0.257 e. The maximum atomic E-state index is 12.6. The Balaban J connectivity index is 1.48. The molecule has 0 fully saturated rings. The van der Waals surface area contributed by atoms with Gasteiger partial charge in [0.1, 0.15) is 5.69 Å². The highest BCUT2D eigenvalue weighted by molar-refractivity contribution is 6.34. The number of benzene rings is 2. The molecule has 2 aromatic carbocycles. The Hall–Kier alpha value is -4.10. The molecule has 31 heavy (non-hydrogen) atoms. The van der Waals surface area contributed by atoms with Gasteiger partial charge in [0.15, 0.2) is 5.65 Å². The Labute approximate surface area is 182 Å². The molecule has 0 bridgehead atoms. The molecule has 0 unspecified atom stereocenters. The molecule has 5 aromatic rings. The van der Waals surface area contributed by atoms with Crippen molar-refractivity contribution in [2.75, 3.05) is 5.32 Å². The third-order valence-electron chi connectivity index (χ3n) is 4.69. The van der Waals surface area contributed by atoms with Crippen LogP contribution in [0.2, 0.25) is 5.02 Å². The molecular formula is C23H15ClN6O. The highest BCUT2D eigenvalue weighted by Gasteiger charge is 2.13. The zero-order valence-corrected chi connectivity index (χ0v) is 16.9. The fraction of sp³-hybridized carbons (Fsp3) is 0. The summed E-state index contributed by atoms with van der Waals surface area (Å²) in [5.74, 6) is 0.281. The first-order chi connectivity index (χ1) is 15.2. The van der Waals surface area contributed by atoms with Gasteiger partial charge in [0.2, 0.25) is 5.82 Å². The first-order valence-corrected chi connectivity index (χ1v) is 9.87. The fourth-order valence-corrected chi connectivity index (χ4v) is 3.42. The summed E-state index contributed by atoms with van der Waals surface area (Å²) in [4.78, 5) is 16.9. The largest absolute Gasteiger partial charge is 0.322 e. The number of anilines is 1. The van der Waals surface area contributed by atoms with Gasteiger partial charge in [-0.05, 0) is 48.5 Å². The van der Waals surface area contributed by atoms with Crippen LogP contribution in [0.15, 0.2) is 85.1 Å². The summed E-state index contributed by atoms with van der Waals surface area (Å²) in [6, 6.07) is 23.7. The van der Waals surface area contributed by atoms with E-state index < -0.39 is 0 Å². The summed E-state index contributed by atoms with van der Waals surface area (Å²) in [6.45, 7) is 0. The van der Waals surface area contributed by atoms with Crippen molar-refractivity contribution in [3.05, 3.63) is 95.6 Å². The number of amides is 1. The quantitative estimate of drug-likeness (QED) is 0.448. The van der Waals surface area contributed by atoms with E-state index in [2.05, 4.69) is 20.5 Å². The number of carbonyl (C=O) groups excluding carboxylic acids is 1. The Bertz CT molecular complexity index is 1400. The van der Waals surface area contributed by atoms with Crippen molar-refractivity contribution in [1.29, 1.82) is 0 Å². The molecule has 0 radical (unpaired) electrons. The predicted octanol–water partition coefficient (Wildman–Crippen LogP) is 4.76. The van der Waals surface area contributed by atoms with E-state index in [0.717, 1.165) is 5.56 Å². The van der Waals surface area contributed by atoms with Gasteiger partial charge < -0.3 is 5.32 Å². The van der Waals surface area contributed by atoms with Crippen LogP contribution in [-0.2, 0) is 0 Å².